The van der Waals surface area contributed by atoms with Gasteiger partial charge >= 0.3 is 5.97 Å². The van der Waals surface area contributed by atoms with Gasteiger partial charge in [-0.3, -0.25) is 9.59 Å². The lowest BCUT2D eigenvalue weighted by atomic mass is 9.84. The number of amides is 1. The van der Waals surface area contributed by atoms with E-state index in [0.29, 0.717) is 5.75 Å². The van der Waals surface area contributed by atoms with Gasteiger partial charge in [0.15, 0.2) is 0 Å². The maximum absolute atomic E-state index is 12.2. The molecule has 1 aromatic rings. The molecule has 0 aliphatic rings. The number of rotatable bonds is 6. The molecule has 0 fully saturated rings. The molecule has 1 amide bonds. The van der Waals surface area contributed by atoms with Crippen LogP contribution in [0.25, 0.3) is 0 Å². The van der Waals surface area contributed by atoms with Crippen LogP contribution in [-0.4, -0.2) is 30.1 Å². The Kier molecular flexibility index (Phi) is 5.76. The highest BCUT2D eigenvalue weighted by atomic mass is 16.5. The van der Waals surface area contributed by atoms with Crippen LogP contribution in [0, 0.1) is 5.41 Å². The lowest BCUT2D eigenvalue weighted by molar-refractivity contribution is -0.138. The number of aliphatic carboxylic acids is 1. The molecular formula is C16H23NO4. The molecule has 0 saturated carbocycles. The van der Waals surface area contributed by atoms with E-state index < -0.39 is 12.0 Å². The van der Waals surface area contributed by atoms with Crippen LogP contribution in [0.5, 0.6) is 5.75 Å². The van der Waals surface area contributed by atoms with Gasteiger partial charge in [-0.1, -0.05) is 39.0 Å². The summed E-state index contributed by atoms with van der Waals surface area (Å²) < 4.78 is 5.21. The number of hydrogen-bond acceptors (Lipinski definition) is 3. The van der Waals surface area contributed by atoms with E-state index in [0.717, 1.165) is 5.56 Å². The first-order chi connectivity index (χ1) is 9.74. The minimum absolute atomic E-state index is 0.0961. The van der Waals surface area contributed by atoms with Crippen LogP contribution in [-0.2, 0) is 16.0 Å². The number of benzene rings is 1. The van der Waals surface area contributed by atoms with Crippen molar-refractivity contribution >= 4 is 11.9 Å². The monoisotopic (exact) mass is 293 g/mol. The lowest BCUT2D eigenvalue weighted by Gasteiger charge is -2.30. The Bertz CT molecular complexity index is 505. The summed E-state index contributed by atoms with van der Waals surface area (Å²) in [5, 5.41) is 11.8. The molecular weight excluding hydrogens is 270 g/mol. The molecule has 21 heavy (non-hydrogen) atoms. The molecule has 0 aliphatic heterocycles. The van der Waals surface area contributed by atoms with Gasteiger partial charge in [-0.25, -0.2) is 0 Å². The number of hydrogen-bond donors (Lipinski definition) is 2. The first kappa shape index (κ1) is 17.0. The van der Waals surface area contributed by atoms with E-state index in [-0.39, 0.29) is 24.2 Å². The van der Waals surface area contributed by atoms with Crippen LogP contribution in [0.2, 0.25) is 0 Å². The Balaban J connectivity index is 2.76. The zero-order valence-corrected chi connectivity index (χ0v) is 13.0. The molecule has 0 spiro atoms. The molecule has 1 unspecified atom stereocenters. The largest absolute Gasteiger partial charge is 0.496 e. The molecule has 0 aromatic heterocycles. The van der Waals surface area contributed by atoms with Gasteiger partial charge < -0.3 is 15.2 Å². The quantitative estimate of drug-likeness (QED) is 0.843. The van der Waals surface area contributed by atoms with Gasteiger partial charge in [0.05, 0.1) is 20.0 Å². The highest BCUT2D eigenvalue weighted by molar-refractivity contribution is 5.80. The fourth-order valence-corrected chi connectivity index (χ4v) is 2.02. The van der Waals surface area contributed by atoms with E-state index in [9.17, 15) is 9.59 Å². The SMILES string of the molecule is COc1ccccc1CC(=O)NC(CC(=O)O)C(C)(C)C. The smallest absolute Gasteiger partial charge is 0.305 e. The van der Waals surface area contributed by atoms with E-state index in [1.807, 2.05) is 39.0 Å². The number of nitrogens with one attached hydrogen (secondary N) is 1. The van der Waals surface area contributed by atoms with Gasteiger partial charge in [0, 0.05) is 11.6 Å². The Labute approximate surface area is 125 Å². The molecule has 1 rings (SSSR count). The van der Waals surface area contributed by atoms with Crippen molar-refractivity contribution in [3.8, 4) is 5.75 Å². The predicted octanol–water partition coefficient (Wildman–Crippen LogP) is 2.24. The van der Waals surface area contributed by atoms with Crippen molar-refractivity contribution < 1.29 is 19.4 Å². The topological polar surface area (TPSA) is 75.6 Å². The summed E-state index contributed by atoms with van der Waals surface area (Å²) in [6, 6.07) is 6.87. The molecule has 1 aromatic carbocycles. The molecule has 2 N–H and O–H groups in total. The van der Waals surface area contributed by atoms with Crippen LogP contribution < -0.4 is 10.1 Å². The van der Waals surface area contributed by atoms with Crippen molar-refractivity contribution in [1.29, 1.82) is 0 Å². The minimum atomic E-state index is -0.924. The van der Waals surface area contributed by atoms with Crippen molar-refractivity contribution in [3.05, 3.63) is 29.8 Å². The van der Waals surface area contributed by atoms with Gasteiger partial charge in [-0.05, 0) is 11.5 Å². The van der Waals surface area contributed by atoms with E-state index in [1.54, 1.807) is 13.2 Å². The van der Waals surface area contributed by atoms with Gasteiger partial charge in [0.1, 0.15) is 5.75 Å². The summed E-state index contributed by atoms with van der Waals surface area (Å²) in [6.07, 6.45) is 0.0668. The Morgan fingerprint density at radius 2 is 1.90 bits per heavy atom. The minimum Gasteiger partial charge on any atom is -0.496 e. The summed E-state index contributed by atoms with van der Waals surface area (Å²) in [5.41, 5.74) is 0.454. The van der Waals surface area contributed by atoms with Crippen LogP contribution >= 0.6 is 0 Å². The van der Waals surface area contributed by atoms with Crippen molar-refractivity contribution in [2.75, 3.05) is 7.11 Å². The number of ether oxygens (including phenoxy) is 1. The summed E-state index contributed by atoms with van der Waals surface area (Å²) in [7, 11) is 1.55. The van der Waals surface area contributed by atoms with E-state index in [2.05, 4.69) is 5.32 Å². The van der Waals surface area contributed by atoms with Crippen molar-refractivity contribution in [2.24, 2.45) is 5.41 Å². The summed E-state index contributed by atoms with van der Waals surface area (Å²) >= 11 is 0. The molecule has 5 heteroatoms. The number of carbonyl (C=O) groups is 2. The highest BCUT2D eigenvalue weighted by Crippen LogP contribution is 2.23. The van der Waals surface area contributed by atoms with Crippen molar-refractivity contribution in [2.45, 2.75) is 39.7 Å². The van der Waals surface area contributed by atoms with Gasteiger partial charge in [0.25, 0.3) is 0 Å². The number of carboxylic acids is 1. The number of carboxylic acid groups (broad SMARTS) is 1. The Morgan fingerprint density at radius 1 is 1.29 bits per heavy atom. The molecule has 0 radical (unpaired) electrons. The van der Waals surface area contributed by atoms with Crippen LogP contribution in [0.1, 0.15) is 32.8 Å². The van der Waals surface area contributed by atoms with E-state index >= 15 is 0 Å². The molecule has 0 bridgehead atoms. The average molecular weight is 293 g/mol. The second kappa shape index (κ2) is 7.11. The molecule has 116 valence electrons. The van der Waals surface area contributed by atoms with E-state index in [4.69, 9.17) is 9.84 Å². The normalized spacial score (nSPS) is 12.6. The summed E-state index contributed by atoms with van der Waals surface area (Å²) in [4.78, 5) is 23.1. The maximum atomic E-state index is 12.2. The third kappa shape index (κ3) is 5.45. The molecule has 0 aliphatic carbocycles. The standard InChI is InChI=1S/C16H23NO4/c1-16(2,3)13(10-15(19)20)17-14(18)9-11-7-5-6-8-12(11)21-4/h5-8,13H,9-10H2,1-4H3,(H,17,18)(H,19,20). The van der Waals surface area contributed by atoms with Gasteiger partial charge in [-0.15, -0.1) is 0 Å². The number of methoxy groups -OCH3 is 1. The van der Waals surface area contributed by atoms with Gasteiger partial charge in [-0.2, -0.15) is 0 Å². The lowest BCUT2D eigenvalue weighted by Crippen LogP contribution is -2.45. The van der Waals surface area contributed by atoms with E-state index in [1.165, 1.54) is 0 Å². The second-order valence-corrected chi connectivity index (χ2v) is 6.07. The third-order valence-electron chi connectivity index (χ3n) is 3.30. The van der Waals surface area contributed by atoms with Crippen LogP contribution in [0.15, 0.2) is 24.3 Å². The zero-order valence-electron chi connectivity index (χ0n) is 13.0. The summed E-state index contributed by atoms with van der Waals surface area (Å²) in [6.45, 7) is 5.72. The van der Waals surface area contributed by atoms with Crippen LogP contribution in [0.4, 0.5) is 0 Å². The molecule has 1 atom stereocenters. The van der Waals surface area contributed by atoms with Crippen molar-refractivity contribution in [1.82, 2.24) is 5.32 Å². The number of carbonyl (C=O) groups excluding carboxylic acids is 1. The highest BCUT2D eigenvalue weighted by Gasteiger charge is 2.28. The zero-order chi connectivity index (χ0) is 16.0. The molecule has 5 nitrogen and oxygen atoms in total. The average Bonchev–Trinajstić information content (AvgIpc) is 2.37. The fraction of sp³-hybridized carbons (Fsp3) is 0.500. The second-order valence-electron chi connectivity index (χ2n) is 6.07. The first-order valence-corrected chi connectivity index (χ1v) is 6.87. The van der Waals surface area contributed by atoms with Crippen molar-refractivity contribution in [3.63, 3.8) is 0 Å². The first-order valence-electron chi connectivity index (χ1n) is 6.87. The third-order valence-corrected chi connectivity index (χ3v) is 3.30. The fourth-order valence-electron chi connectivity index (χ4n) is 2.02. The maximum Gasteiger partial charge on any atom is 0.305 e. The Morgan fingerprint density at radius 3 is 2.43 bits per heavy atom. The Hall–Kier alpha value is -2.04. The number of para-hydroxylation sites is 1. The predicted molar refractivity (Wildman–Crippen MR) is 80.3 cm³/mol. The molecule has 0 heterocycles. The van der Waals surface area contributed by atoms with Gasteiger partial charge in [0.2, 0.25) is 5.91 Å². The van der Waals surface area contributed by atoms with Crippen LogP contribution in [0.3, 0.4) is 0 Å². The molecule has 0 saturated heterocycles. The summed E-state index contributed by atoms with van der Waals surface area (Å²) in [5.74, 6) is -0.480.